The highest BCUT2D eigenvalue weighted by Crippen LogP contribution is 2.22. The molecule has 2 saturated heterocycles. The third-order valence-corrected chi connectivity index (χ3v) is 5.56. The quantitative estimate of drug-likeness (QED) is 0.432. The van der Waals surface area contributed by atoms with Gasteiger partial charge in [-0.2, -0.15) is 0 Å². The summed E-state index contributed by atoms with van der Waals surface area (Å²) in [6, 6.07) is 7.24. The smallest absolute Gasteiger partial charge is 0.326 e. The van der Waals surface area contributed by atoms with E-state index in [0.29, 0.717) is 38.2 Å². The first-order valence-corrected chi connectivity index (χ1v) is 11.7. The summed E-state index contributed by atoms with van der Waals surface area (Å²) >= 11 is 0. The zero-order valence-corrected chi connectivity index (χ0v) is 20.0. The van der Waals surface area contributed by atoms with Gasteiger partial charge in [-0.15, -0.1) is 15.0 Å². The van der Waals surface area contributed by atoms with Gasteiger partial charge in [0.25, 0.3) is 5.91 Å². The lowest BCUT2D eigenvalue weighted by Crippen LogP contribution is -2.47. The molecule has 1 unspecified atom stereocenters. The largest absolute Gasteiger partial charge is 0.460 e. The second-order valence-electron chi connectivity index (χ2n) is 8.13. The molecule has 4 rings (SSSR count). The number of aromatic nitrogens is 3. The molecular weight excluding hydrogens is 466 g/mol. The Balaban J connectivity index is 1.35. The Kier molecular flexibility index (Phi) is 8.45. The Morgan fingerprint density at radius 2 is 1.64 bits per heavy atom. The molecular formula is C25H29N5O6. The van der Waals surface area contributed by atoms with Crippen LogP contribution in [0.2, 0.25) is 0 Å². The van der Waals surface area contributed by atoms with Gasteiger partial charge in [0.1, 0.15) is 25.9 Å². The van der Waals surface area contributed by atoms with Crippen molar-refractivity contribution in [3.8, 4) is 18.0 Å². The summed E-state index contributed by atoms with van der Waals surface area (Å²) in [6.07, 6.45) is 4.17. The number of amides is 2. The molecule has 1 aromatic carbocycles. The summed E-state index contributed by atoms with van der Waals surface area (Å²) in [5.41, 5.74) is 1.37. The maximum absolute atomic E-state index is 13.1. The minimum Gasteiger partial charge on any atom is -0.460 e. The SMILES string of the molecule is C=CCOc1nc(OCC=C)nc(OCC2CN(C(=O)c3ccc(N4CCCC4=O)cc3)CCO2)n1. The fourth-order valence-electron chi connectivity index (χ4n) is 3.84. The van der Waals surface area contributed by atoms with Crippen LogP contribution >= 0.6 is 0 Å². The van der Waals surface area contributed by atoms with Crippen LogP contribution in [-0.4, -0.2) is 83.8 Å². The van der Waals surface area contributed by atoms with E-state index in [1.807, 2.05) is 12.1 Å². The number of morpholine rings is 1. The van der Waals surface area contributed by atoms with Crippen molar-refractivity contribution in [2.24, 2.45) is 0 Å². The predicted molar refractivity (Wildman–Crippen MR) is 130 cm³/mol. The lowest BCUT2D eigenvalue weighted by molar-refractivity contribution is -0.117. The van der Waals surface area contributed by atoms with Crippen molar-refractivity contribution < 1.29 is 28.5 Å². The Morgan fingerprint density at radius 1 is 1.00 bits per heavy atom. The highest BCUT2D eigenvalue weighted by molar-refractivity contribution is 5.97. The van der Waals surface area contributed by atoms with Crippen molar-refractivity contribution in [2.75, 3.05) is 51.0 Å². The van der Waals surface area contributed by atoms with Gasteiger partial charge in [-0.05, 0) is 30.7 Å². The zero-order chi connectivity index (χ0) is 25.3. The van der Waals surface area contributed by atoms with E-state index in [-0.39, 0.29) is 55.8 Å². The van der Waals surface area contributed by atoms with Gasteiger partial charge in [0.05, 0.1) is 13.2 Å². The van der Waals surface area contributed by atoms with Gasteiger partial charge < -0.3 is 28.7 Å². The van der Waals surface area contributed by atoms with Crippen LogP contribution in [0.5, 0.6) is 18.0 Å². The number of anilines is 1. The molecule has 1 atom stereocenters. The fourth-order valence-corrected chi connectivity index (χ4v) is 3.84. The standard InChI is InChI=1S/C25H29N5O6/c1-3-13-34-23-26-24(35-14-4-2)28-25(27-23)36-17-20-16-29(12-15-33-20)22(32)18-7-9-19(10-8-18)30-11-5-6-21(30)31/h3-4,7-10,20H,1-2,5-6,11-17H2. The molecule has 190 valence electrons. The summed E-state index contributed by atoms with van der Waals surface area (Å²) in [4.78, 5) is 40.8. The van der Waals surface area contributed by atoms with Gasteiger partial charge in [-0.1, -0.05) is 25.3 Å². The number of rotatable bonds is 11. The summed E-state index contributed by atoms with van der Waals surface area (Å²) in [5, 5.41) is 0. The molecule has 2 aliphatic heterocycles. The second-order valence-corrected chi connectivity index (χ2v) is 8.13. The minimum atomic E-state index is -0.379. The highest BCUT2D eigenvalue weighted by atomic mass is 16.6. The van der Waals surface area contributed by atoms with Crippen LogP contribution in [-0.2, 0) is 9.53 Å². The van der Waals surface area contributed by atoms with Crippen molar-refractivity contribution in [1.82, 2.24) is 19.9 Å². The first kappa shape index (κ1) is 25.1. The van der Waals surface area contributed by atoms with Crippen molar-refractivity contribution in [2.45, 2.75) is 18.9 Å². The zero-order valence-electron chi connectivity index (χ0n) is 20.0. The van der Waals surface area contributed by atoms with E-state index < -0.39 is 0 Å². The van der Waals surface area contributed by atoms with Crippen LogP contribution in [0, 0.1) is 0 Å². The van der Waals surface area contributed by atoms with Gasteiger partial charge in [0.15, 0.2) is 0 Å². The van der Waals surface area contributed by atoms with Crippen molar-refractivity contribution in [1.29, 1.82) is 0 Å². The Bertz CT molecular complexity index is 1060. The number of benzene rings is 1. The monoisotopic (exact) mass is 495 g/mol. The minimum absolute atomic E-state index is 0.0159. The van der Waals surface area contributed by atoms with E-state index in [2.05, 4.69) is 28.1 Å². The van der Waals surface area contributed by atoms with Crippen molar-refractivity contribution in [3.63, 3.8) is 0 Å². The normalized spacial score (nSPS) is 17.6. The summed E-state index contributed by atoms with van der Waals surface area (Å²) < 4.78 is 22.3. The molecule has 2 aliphatic rings. The second kappa shape index (κ2) is 12.1. The van der Waals surface area contributed by atoms with Gasteiger partial charge in [0, 0.05) is 30.8 Å². The van der Waals surface area contributed by atoms with E-state index in [1.54, 1.807) is 34.1 Å². The number of carbonyl (C=O) groups excluding carboxylic acids is 2. The van der Waals surface area contributed by atoms with E-state index in [4.69, 9.17) is 18.9 Å². The summed E-state index contributed by atoms with van der Waals surface area (Å²) in [6.45, 7) is 9.63. The molecule has 36 heavy (non-hydrogen) atoms. The van der Waals surface area contributed by atoms with Gasteiger partial charge >= 0.3 is 18.0 Å². The maximum atomic E-state index is 13.1. The number of carbonyl (C=O) groups is 2. The molecule has 0 spiro atoms. The highest BCUT2D eigenvalue weighted by Gasteiger charge is 2.27. The van der Waals surface area contributed by atoms with E-state index in [0.717, 1.165) is 12.1 Å². The average Bonchev–Trinajstić information content (AvgIpc) is 3.35. The lowest BCUT2D eigenvalue weighted by Gasteiger charge is -2.32. The average molecular weight is 496 g/mol. The third-order valence-electron chi connectivity index (χ3n) is 5.56. The van der Waals surface area contributed by atoms with E-state index >= 15 is 0 Å². The number of hydrogen-bond donors (Lipinski definition) is 0. The van der Waals surface area contributed by atoms with Crippen molar-refractivity contribution >= 4 is 17.5 Å². The Hall–Kier alpha value is -3.99. The predicted octanol–water partition coefficient (Wildman–Crippen LogP) is 2.05. The molecule has 11 heteroatoms. The molecule has 2 fully saturated rings. The molecule has 0 radical (unpaired) electrons. The molecule has 3 heterocycles. The van der Waals surface area contributed by atoms with E-state index in [1.165, 1.54) is 0 Å². The summed E-state index contributed by atoms with van der Waals surface area (Å²) in [7, 11) is 0. The summed E-state index contributed by atoms with van der Waals surface area (Å²) in [5.74, 6) is 0.00466. The van der Waals surface area contributed by atoms with Crippen LogP contribution in [0.25, 0.3) is 0 Å². The molecule has 1 aromatic heterocycles. The molecule has 2 amide bonds. The van der Waals surface area contributed by atoms with Gasteiger partial charge in [0.2, 0.25) is 5.91 Å². The molecule has 0 saturated carbocycles. The van der Waals surface area contributed by atoms with Crippen LogP contribution in [0.1, 0.15) is 23.2 Å². The van der Waals surface area contributed by atoms with Crippen LogP contribution in [0.4, 0.5) is 5.69 Å². The van der Waals surface area contributed by atoms with Gasteiger partial charge in [-0.25, -0.2) is 0 Å². The maximum Gasteiger partial charge on any atom is 0.326 e. The van der Waals surface area contributed by atoms with Crippen LogP contribution < -0.4 is 19.1 Å². The first-order chi connectivity index (χ1) is 17.6. The molecule has 11 nitrogen and oxygen atoms in total. The molecule has 2 aromatic rings. The van der Waals surface area contributed by atoms with Crippen molar-refractivity contribution in [3.05, 3.63) is 55.1 Å². The first-order valence-electron chi connectivity index (χ1n) is 11.7. The number of ether oxygens (including phenoxy) is 4. The Morgan fingerprint density at radius 3 is 2.22 bits per heavy atom. The molecule has 0 bridgehead atoms. The van der Waals surface area contributed by atoms with Gasteiger partial charge in [-0.3, -0.25) is 9.59 Å². The molecule has 0 N–H and O–H groups in total. The number of nitrogens with zero attached hydrogens (tertiary/aromatic N) is 5. The lowest BCUT2D eigenvalue weighted by atomic mass is 10.1. The van der Waals surface area contributed by atoms with Crippen LogP contribution in [0.15, 0.2) is 49.6 Å². The number of hydrogen-bond acceptors (Lipinski definition) is 9. The molecule has 0 aliphatic carbocycles. The third kappa shape index (κ3) is 6.36. The Labute approximate surface area is 209 Å². The van der Waals surface area contributed by atoms with Crippen LogP contribution in [0.3, 0.4) is 0 Å². The van der Waals surface area contributed by atoms with E-state index in [9.17, 15) is 9.59 Å². The topological polar surface area (TPSA) is 116 Å². The fraction of sp³-hybridized carbons (Fsp3) is 0.400.